The average Bonchev–Trinajstić information content (AvgIpc) is 2.12. The highest BCUT2D eigenvalue weighted by atomic mass is 19.2. The number of rotatable bonds is 1. The highest BCUT2D eigenvalue weighted by Gasteiger charge is 2.18. The second-order valence-corrected chi connectivity index (χ2v) is 2.54. The number of carbonyl (C=O) groups excluding carboxylic acids is 1. The first kappa shape index (κ1) is 9.64. The van der Waals surface area contributed by atoms with Gasteiger partial charge >= 0.3 is 5.97 Å². The minimum Gasteiger partial charge on any atom is -0.465 e. The number of benzene rings is 1. The number of esters is 1. The summed E-state index contributed by atoms with van der Waals surface area (Å²) in [5.41, 5.74) is 0.00764. The number of ether oxygens (including phenoxy) is 1. The van der Waals surface area contributed by atoms with Crippen molar-refractivity contribution >= 4 is 5.97 Å². The molecule has 2 nitrogen and oxygen atoms in total. The summed E-state index contributed by atoms with van der Waals surface area (Å²) in [5, 5.41) is 0. The van der Waals surface area contributed by atoms with Gasteiger partial charge in [0, 0.05) is 0 Å². The van der Waals surface area contributed by atoms with Gasteiger partial charge in [-0.2, -0.15) is 0 Å². The van der Waals surface area contributed by atoms with E-state index >= 15 is 0 Å². The van der Waals surface area contributed by atoms with E-state index in [2.05, 4.69) is 4.74 Å². The van der Waals surface area contributed by atoms with Crippen LogP contribution in [-0.4, -0.2) is 13.1 Å². The maximum absolute atomic E-state index is 13.0. The molecular weight excluding hydrogens is 178 g/mol. The highest BCUT2D eigenvalue weighted by Crippen LogP contribution is 2.16. The number of aryl methyl sites for hydroxylation is 1. The van der Waals surface area contributed by atoms with Gasteiger partial charge in [0.25, 0.3) is 0 Å². The van der Waals surface area contributed by atoms with Crippen LogP contribution < -0.4 is 0 Å². The van der Waals surface area contributed by atoms with Gasteiger partial charge in [-0.05, 0) is 18.6 Å². The highest BCUT2D eigenvalue weighted by molar-refractivity contribution is 5.91. The normalized spacial score (nSPS) is 9.85. The van der Waals surface area contributed by atoms with Crippen LogP contribution in [-0.2, 0) is 4.74 Å². The Balaban J connectivity index is 3.33. The van der Waals surface area contributed by atoms with Crippen molar-refractivity contribution in [3.8, 4) is 0 Å². The Bertz CT molecular complexity index is 348. The minimum atomic E-state index is -1.16. The average molecular weight is 186 g/mol. The molecule has 0 unspecified atom stereocenters. The summed E-state index contributed by atoms with van der Waals surface area (Å²) in [6, 6.07) is 2.29. The van der Waals surface area contributed by atoms with E-state index in [0.717, 1.165) is 13.2 Å². The SMILES string of the molecule is COC(=O)c1c(C)ccc(F)c1F. The first-order chi connectivity index (χ1) is 6.07. The van der Waals surface area contributed by atoms with Gasteiger partial charge in [-0.1, -0.05) is 6.07 Å². The number of hydrogen-bond acceptors (Lipinski definition) is 2. The Morgan fingerprint density at radius 2 is 2.00 bits per heavy atom. The fourth-order valence-corrected chi connectivity index (χ4v) is 1.000. The van der Waals surface area contributed by atoms with Crippen molar-refractivity contribution in [1.29, 1.82) is 0 Å². The summed E-state index contributed by atoms with van der Waals surface area (Å²) in [7, 11) is 1.12. The minimum absolute atomic E-state index is 0.345. The van der Waals surface area contributed by atoms with Crippen LogP contribution in [0.4, 0.5) is 8.78 Å². The van der Waals surface area contributed by atoms with Crippen molar-refractivity contribution < 1.29 is 18.3 Å². The van der Waals surface area contributed by atoms with Gasteiger partial charge in [-0.25, -0.2) is 13.6 Å². The van der Waals surface area contributed by atoms with Gasteiger partial charge in [0.15, 0.2) is 11.6 Å². The molecule has 1 rings (SSSR count). The van der Waals surface area contributed by atoms with E-state index < -0.39 is 17.6 Å². The first-order valence-electron chi connectivity index (χ1n) is 3.61. The number of carbonyl (C=O) groups is 1. The van der Waals surface area contributed by atoms with Crippen LogP contribution in [0, 0.1) is 18.6 Å². The van der Waals surface area contributed by atoms with Crippen LogP contribution in [0.15, 0.2) is 12.1 Å². The van der Waals surface area contributed by atoms with Crippen LogP contribution in [0.2, 0.25) is 0 Å². The summed E-state index contributed by atoms with van der Waals surface area (Å²) in [6.45, 7) is 1.51. The molecule has 13 heavy (non-hydrogen) atoms. The Morgan fingerprint density at radius 1 is 1.38 bits per heavy atom. The summed E-state index contributed by atoms with van der Waals surface area (Å²) in [6.07, 6.45) is 0. The number of hydrogen-bond donors (Lipinski definition) is 0. The largest absolute Gasteiger partial charge is 0.465 e. The first-order valence-corrected chi connectivity index (χ1v) is 3.61. The van der Waals surface area contributed by atoms with Crippen LogP contribution >= 0.6 is 0 Å². The summed E-state index contributed by atoms with van der Waals surface area (Å²) < 4.78 is 30.0. The molecule has 1 aromatic carbocycles. The zero-order valence-corrected chi connectivity index (χ0v) is 7.23. The van der Waals surface area contributed by atoms with E-state index in [4.69, 9.17) is 0 Å². The van der Waals surface area contributed by atoms with Crippen molar-refractivity contribution in [2.45, 2.75) is 6.92 Å². The summed E-state index contributed by atoms with van der Waals surface area (Å²) in [5.74, 6) is -3.08. The van der Waals surface area contributed by atoms with Crippen molar-refractivity contribution in [2.24, 2.45) is 0 Å². The smallest absolute Gasteiger partial charge is 0.341 e. The molecule has 0 heterocycles. The van der Waals surface area contributed by atoms with E-state index in [1.807, 2.05) is 0 Å². The zero-order valence-electron chi connectivity index (χ0n) is 7.23. The molecule has 0 bridgehead atoms. The van der Waals surface area contributed by atoms with Gasteiger partial charge in [-0.15, -0.1) is 0 Å². The molecule has 1 aromatic rings. The van der Waals surface area contributed by atoms with Crippen LogP contribution in [0.1, 0.15) is 15.9 Å². The lowest BCUT2D eigenvalue weighted by atomic mass is 10.1. The predicted molar refractivity (Wildman–Crippen MR) is 42.4 cm³/mol. The molecule has 0 aliphatic rings. The van der Waals surface area contributed by atoms with E-state index in [9.17, 15) is 13.6 Å². The number of methoxy groups -OCH3 is 1. The van der Waals surface area contributed by atoms with Crippen LogP contribution in [0.25, 0.3) is 0 Å². The summed E-state index contributed by atoms with van der Waals surface area (Å²) in [4.78, 5) is 11.0. The fraction of sp³-hybridized carbons (Fsp3) is 0.222. The third-order valence-electron chi connectivity index (χ3n) is 1.69. The van der Waals surface area contributed by atoms with Crippen molar-refractivity contribution in [2.75, 3.05) is 7.11 Å². The maximum atomic E-state index is 13.0. The molecule has 0 saturated heterocycles. The van der Waals surface area contributed by atoms with E-state index in [-0.39, 0.29) is 5.56 Å². The molecule has 0 fully saturated rings. The Morgan fingerprint density at radius 3 is 2.54 bits per heavy atom. The molecule has 0 N–H and O–H groups in total. The molecule has 0 atom stereocenters. The van der Waals surface area contributed by atoms with E-state index in [1.54, 1.807) is 0 Å². The van der Waals surface area contributed by atoms with Crippen LogP contribution in [0.3, 0.4) is 0 Å². The molecule has 0 aliphatic heterocycles. The second kappa shape index (κ2) is 3.51. The standard InChI is InChI=1S/C9H8F2O2/c1-5-3-4-6(10)8(11)7(5)9(12)13-2/h3-4H,1-2H3. The van der Waals surface area contributed by atoms with Gasteiger partial charge in [0.2, 0.25) is 0 Å². The Hall–Kier alpha value is -1.45. The molecule has 0 saturated carbocycles. The molecule has 0 spiro atoms. The molecule has 0 aromatic heterocycles. The van der Waals surface area contributed by atoms with Crippen molar-refractivity contribution in [3.05, 3.63) is 34.9 Å². The molecular formula is C9H8F2O2. The molecule has 70 valence electrons. The third kappa shape index (κ3) is 1.66. The zero-order chi connectivity index (χ0) is 10.0. The quantitative estimate of drug-likeness (QED) is 0.627. The molecule has 0 amide bonds. The Kier molecular flexibility index (Phi) is 2.60. The monoisotopic (exact) mass is 186 g/mol. The Labute approximate surface area is 74.1 Å². The van der Waals surface area contributed by atoms with E-state index in [0.29, 0.717) is 5.56 Å². The fourth-order valence-electron chi connectivity index (χ4n) is 1.000. The van der Waals surface area contributed by atoms with Gasteiger partial charge in [0.05, 0.1) is 7.11 Å². The van der Waals surface area contributed by atoms with E-state index in [1.165, 1.54) is 13.0 Å². The predicted octanol–water partition coefficient (Wildman–Crippen LogP) is 2.06. The van der Waals surface area contributed by atoms with Gasteiger partial charge in [-0.3, -0.25) is 0 Å². The lowest BCUT2D eigenvalue weighted by Crippen LogP contribution is -2.08. The maximum Gasteiger partial charge on any atom is 0.341 e. The summed E-state index contributed by atoms with van der Waals surface area (Å²) >= 11 is 0. The van der Waals surface area contributed by atoms with Crippen molar-refractivity contribution in [1.82, 2.24) is 0 Å². The molecule has 0 radical (unpaired) electrons. The van der Waals surface area contributed by atoms with Crippen LogP contribution in [0.5, 0.6) is 0 Å². The second-order valence-electron chi connectivity index (χ2n) is 2.54. The van der Waals surface area contributed by atoms with Gasteiger partial charge in [0.1, 0.15) is 5.56 Å². The van der Waals surface area contributed by atoms with Crippen molar-refractivity contribution in [3.63, 3.8) is 0 Å². The number of halogens is 2. The third-order valence-corrected chi connectivity index (χ3v) is 1.69. The lowest BCUT2D eigenvalue weighted by molar-refractivity contribution is 0.0593. The topological polar surface area (TPSA) is 26.3 Å². The lowest BCUT2D eigenvalue weighted by Gasteiger charge is -2.04. The molecule has 0 aliphatic carbocycles. The molecule has 4 heteroatoms. The van der Waals surface area contributed by atoms with Gasteiger partial charge < -0.3 is 4.74 Å².